The third kappa shape index (κ3) is 3.87. The van der Waals surface area contributed by atoms with Crippen molar-refractivity contribution in [2.75, 3.05) is 6.54 Å². The highest BCUT2D eigenvalue weighted by molar-refractivity contribution is 5.78. The average molecular weight is 301 g/mol. The van der Waals surface area contributed by atoms with Crippen molar-refractivity contribution in [2.45, 2.75) is 63.2 Å². The predicted molar refractivity (Wildman–Crippen MR) is 88.2 cm³/mol. The zero-order valence-electron chi connectivity index (χ0n) is 13.2. The van der Waals surface area contributed by atoms with Crippen molar-refractivity contribution in [1.82, 2.24) is 10.2 Å². The molecule has 3 rings (SSSR count). The smallest absolute Gasteiger partial charge is 0.234 e. The van der Waals surface area contributed by atoms with Crippen LogP contribution in [0.4, 0.5) is 0 Å². The minimum Gasteiger partial charge on any atom is -0.351 e. The third-order valence-corrected chi connectivity index (χ3v) is 4.91. The van der Waals surface area contributed by atoms with Gasteiger partial charge in [-0.15, -0.1) is 0 Å². The Morgan fingerprint density at radius 2 is 1.86 bits per heavy atom. The molecule has 2 atom stereocenters. The summed E-state index contributed by atoms with van der Waals surface area (Å²) < 4.78 is 0. The van der Waals surface area contributed by atoms with E-state index in [0.29, 0.717) is 12.1 Å². The van der Waals surface area contributed by atoms with E-state index in [1.54, 1.807) is 0 Å². The van der Waals surface area contributed by atoms with Crippen molar-refractivity contribution in [2.24, 2.45) is 5.73 Å². The molecule has 4 nitrogen and oxygen atoms in total. The van der Waals surface area contributed by atoms with Crippen LogP contribution in [0.25, 0.3) is 0 Å². The minimum absolute atomic E-state index is 0.0210. The summed E-state index contributed by atoms with van der Waals surface area (Å²) >= 11 is 0. The lowest BCUT2D eigenvalue weighted by Gasteiger charge is -2.40. The first-order valence-corrected chi connectivity index (χ1v) is 8.57. The van der Waals surface area contributed by atoms with Crippen molar-refractivity contribution in [3.05, 3.63) is 35.9 Å². The first-order chi connectivity index (χ1) is 10.8. The van der Waals surface area contributed by atoms with Crippen LogP contribution in [0.1, 0.15) is 44.1 Å². The van der Waals surface area contributed by atoms with Crippen molar-refractivity contribution >= 4 is 5.91 Å². The van der Waals surface area contributed by atoms with E-state index in [1.165, 1.54) is 37.7 Å². The van der Waals surface area contributed by atoms with Crippen LogP contribution in [0.5, 0.6) is 0 Å². The van der Waals surface area contributed by atoms with Crippen LogP contribution in [0.2, 0.25) is 0 Å². The van der Waals surface area contributed by atoms with Crippen molar-refractivity contribution in [1.29, 1.82) is 0 Å². The van der Waals surface area contributed by atoms with Crippen molar-refractivity contribution in [3.8, 4) is 0 Å². The zero-order chi connectivity index (χ0) is 15.4. The zero-order valence-corrected chi connectivity index (χ0v) is 13.2. The van der Waals surface area contributed by atoms with Gasteiger partial charge in [0, 0.05) is 24.7 Å². The van der Waals surface area contributed by atoms with E-state index in [2.05, 4.69) is 40.5 Å². The lowest BCUT2D eigenvalue weighted by Crippen LogP contribution is -2.54. The predicted octanol–water partition coefficient (Wildman–Crippen LogP) is 2.04. The number of nitrogens with one attached hydrogen (secondary N) is 1. The normalized spacial score (nSPS) is 25.2. The second-order valence-electron chi connectivity index (χ2n) is 6.62. The minimum atomic E-state index is -0.0210. The molecular formula is C18H27N3O. The summed E-state index contributed by atoms with van der Waals surface area (Å²) in [5.74, 6) is -0.0210. The van der Waals surface area contributed by atoms with Gasteiger partial charge in [-0.25, -0.2) is 0 Å². The van der Waals surface area contributed by atoms with Gasteiger partial charge in [-0.2, -0.15) is 0 Å². The first-order valence-electron chi connectivity index (χ1n) is 8.57. The summed E-state index contributed by atoms with van der Waals surface area (Å²) in [7, 11) is 0. The van der Waals surface area contributed by atoms with Crippen LogP contribution in [0.3, 0.4) is 0 Å². The third-order valence-electron chi connectivity index (χ3n) is 4.91. The maximum atomic E-state index is 11.7. The monoisotopic (exact) mass is 301 g/mol. The Bertz CT molecular complexity index is 486. The van der Waals surface area contributed by atoms with Gasteiger partial charge >= 0.3 is 0 Å². The maximum Gasteiger partial charge on any atom is 0.234 e. The average Bonchev–Trinajstić information content (AvgIpc) is 3.39. The van der Waals surface area contributed by atoms with Gasteiger partial charge in [0.25, 0.3) is 0 Å². The van der Waals surface area contributed by atoms with Crippen LogP contribution in [0.15, 0.2) is 30.3 Å². The van der Waals surface area contributed by atoms with Gasteiger partial charge in [-0.3, -0.25) is 9.69 Å². The molecule has 1 aromatic carbocycles. The van der Waals surface area contributed by atoms with Crippen LogP contribution >= 0.6 is 0 Å². The fourth-order valence-corrected chi connectivity index (χ4v) is 3.66. The Morgan fingerprint density at radius 1 is 1.14 bits per heavy atom. The Labute approximate surface area is 133 Å². The molecule has 2 aliphatic carbocycles. The summed E-state index contributed by atoms with van der Waals surface area (Å²) in [6.45, 7) is 1.08. The molecule has 1 amide bonds. The second-order valence-corrected chi connectivity index (χ2v) is 6.62. The molecule has 2 fully saturated rings. The molecule has 0 aliphatic heterocycles. The highest BCUT2D eigenvalue weighted by atomic mass is 16.1. The summed E-state index contributed by atoms with van der Waals surface area (Å²) in [4.78, 5) is 14.4. The number of amides is 1. The highest BCUT2D eigenvalue weighted by Gasteiger charge is 2.38. The first kappa shape index (κ1) is 15.5. The van der Waals surface area contributed by atoms with E-state index in [4.69, 9.17) is 5.73 Å². The summed E-state index contributed by atoms with van der Waals surface area (Å²) in [5, 5.41) is 3.16. The topological polar surface area (TPSA) is 58.4 Å². The maximum absolute atomic E-state index is 11.7. The number of rotatable bonds is 6. The molecule has 2 aliphatic rings. The lowest BCUT2D eigenvalue weighted by atomic mass is 9.88. The number of carbonyl (C=O) groups is 1. The van der Waals surface area contributed by atoms with E-state index in [1.807, 2.05) is 0 Å². The molecule has 120 valence electrons. The fourth-order valence-electron chi connectivity index (χ4n) is 3.66. The van der Waals surface area contributed by atoms with E-state index < -0.39 is 0 Å². The molecule has 0 heterocycles. The Kier molecular flexibility index (Phi) is 5.11. The van der Waals surface area contributed by atoms with Gasteiger partial charge in [0.1, 0.15) is 0 Å². The summed E-state index contributed by atoms with van der Waals surface area (Å²) in [6, 6.07) is 12.1. The van der Waals surface area contributed by atoms with Gasteiger partial charge in [0.05, 0.1) is 6.54 Å². The van der Waals surface area contributed by atoms with Gasteiger partial charge < -0.3 is 11.1 Å². The Morgan fingerprint density at radius 3 is 2.55 bits per heavy atom. The molecule has 4 heteroatoms. The molecular weight excluding hydrogens is 274 g/mol. The van der Waals surface area contributed by atoms with Crippen LogP contribution in [0, 0.1) is 0 Å². The molecule has 0 bridgehead atoms. The van der Waals surface area contributed by atoms with E-state index in [9.17, 15) is 4.79 Å². The van der Waals surface area contributed by atoms with Gasteiger partial charge in [0.2, 0.25) is 5.91 Å². The van der Waals surface area contributed by atoms with Crippen LogP contribution in [-0.2, 0) is 11.3 Å². The molecule has 0 saturated heterocycles. The lowest BCUT2D eigenvalue weighted by molar-refractivity contribution is -0.121. The van der Waals surface area contributed by atoms with Crippen molar-refractivity contribution < 1.29 is 4.79 Å². The molecule has 1 aromatic rings. The number of nitrogens with two attached hydrogens (primary N) is 1. The molecule has 0 radical (unpaired) electrons. The summed E-state index contributed by atoms with van der Waals surface area (Å²) in [6.07, 6.45) is 7.31. The SMILES string of the molecule is NCC(=O)N[C@H]1CCCC[C@H]1N(Cc1ccccc1)C1CC1. The number of carbonyl (C=O) groups excluding carboxylic acids is 1. The Hall–Kier alpha value is -1.39. The highest BCUT2D eigenvalue weighted by Crippen LogP contribution is 2.35. The quantitative estimate of drug-likeness (QED) is 0.845. The Balaban J connectivity index is 1.72. The van der Waals surface area contributed by atoms with E-state index >= 15 is 0 Å². The van der Waals surface area contributed by atoms with Crippen LogP contribution in [-0.4, -0.2) is 35.5 Å². The molecule has 0 aromatic heterocycles. The molecule has 3 N–H and O–H groups in total. The largest absolute Gasteiger partial charge is 0.351 e. The van der Waals surface area contributed by atoms with Crippen molar-refractivity contribution in [3.63, 3.8) is 0 Å². The van der Waals surface area contributed by atoms with E-state index in [-0.39, 0.29) is 18.5 Å². The van der Waals surface area contributed by atoms with Gasteiger partial charge in [-0.05, 0) is 31.2 Å². The standard InChI is InChI=1S/C18H27N3O/c19-12-18(22)20-16-8-4-5-9-17(16)21(15-10-11-15)13-14-6-2-1-3-7-14/h1-3,6-7,15-17H,4-5,8-13,19H2,(H,20,22)/t16-,17+/m0/s1. The van der Waals surface area contributed by atoms with Gasteiger partial charge in [-0.1, -0.05) is 43.2 Å². The second kappa shape index (κ2) is 7.25. The molecule has 0 unspecified atom stereocenters. The summed E-state index contributed by atoms with van der Waals surface area (Å²) in [5.41, 5.74) is 6.85. The fraction of sp³-hybridized carbons (Fsp3) is 0.611. The number of hydrogen-bond acceptors (Lipinski definition) is 3. The van der Waals surface area contributed by atoms with Crippen LogP contribution < -0.4 is 11.1 Å². The van der Waals surface area contributed by atoms with Gasteiger partial charge in [0.15, 0.2) is 0 Å². The number of hydrogen-bond donors (Lipinski definition) is 2. The number of nitrogens with zero attached hydrogens (tertiary/aromatic N) is 1. The molecule has 0 spiro atoms. The van der Waals surface area contributed by atoms with E-state index in [0.717, 1.165) is 13.0 Å². The molecule has 2 saturated carbocycles. The molecule has 22 heavy (non-hydrogen) atoms. The number of benzene rings is 1.